The number of aliphatic hydroxyl groups excluding tert-OH is 1. The number of nitrogens with one attached hydrogen (secondary N) is 1. The summed E-state index contributed by atoms with van der Waals surface area (Å²) in [5.41, 5.74) is 3.73. The minimum atomic E-state index is -0.0225. The number of H-pyrrole nitrogens is 1. The summed E-state index contributed by atoms with van der Waals surface area (Å²) < 4.78 is 1.83. The molecule has 0 atom stereocenters. The van der Waals surface area contributed by atoms with Crippen LogP contribution in [0.2, 0.25) is 0 Å². The number of nitrogens with zero attached hydrogens (tertiary/aromatic N) is 3. The van der Waals surface area contributed by atoms with Gasteiger partial charge in [0.15, 0.2) is 0 Å². The van der Waals surface area contributed by atoms with E-state index in [1.165, 1.54) is 0 Å². The van der Waals surface area contributed by atoms with Crippen molar-refractivity contribution in [1.29, 1.82) is 0 Å². The first kappa shape index (κ1) is 9.92. The van der Waals surface area contributed by atoms with Crippen molar-refractivity contribution in [2.75, 3.05) is 0 Å². The highest BCUT2D eigenvalue weighted by atomic mass is 16.3. The molecule has 5 nitrogen and oxygen atoms in total. The average molecular weight is 206 g/mol. The number of hydrogen-bond donors (Lipinski definition) is 2. The van der Waals surface area contributed by atoms with Gasteiger partial charge in [0.1, 0.15) is 5.82 Å². The number of hydrogen-bond acceptors (Lipinski definition) is 3. The van der Waals surface area contributed by atoms with E-state index in [1.807, 2.05) is 25.6 Å². The van der Waals surface area contributed by atoms with E-state index < -0.39 is 0 Å². The average Bonchev–Trinajstić information content (AvgIpc) is 2.74. The lowest BCUT2D eigenvalue weighted by Gasteiger charge is -1.97. The largest absolute Gasteiger partial charge is 0.390 e. The van der Waals surface area contributed by atoms with E-state index in [4.69, 9.17) is 5.11 Å². The van der Waals surface area contributed by atoms with Gasteiger partial charge in [-0.05, 0) is 13.8 Å². The molecule has 0 amide bonds. The molecule has 80 valence electrons. The van der Waals surface area contributed by atoms with E-state index >= 15 is 0 Å². The van der Waals surface area contributed by atoms with Gasteiger partial charge in [-0.3, -0.25) is 4.68 Å². The van der Waals surface area contributed by atoms with Crippen molar-refractivity contribution in [1.82, 2.24) is 19.7 Å². The molecule has 0 aliphatic rings. The van der Waals surface area contributed by atoms with Crippen LogP contribution in [0.15, 0.2) is 6.20 Å². The van der Waals surface area contributed by atoms with Gasteiger partial charge in [-0.1, -0.05) is 0 Å². The van der Waals surface area contributed by atoms with Crippen molar-refractivity contribution in [2.45, 2.75) is 20.5 Å². The fourth-order valence-electron chi connectivity index (χ4n) is 1.68. The number of aryl methyl sites for hydroxylation is 2. The van der Waals surface area contributed by atoms with E-state index in [0.29, 0.717) is 5.69 Å². The number of aromatic amines is 1. The Bertz CT molecular complexity index is 484. The van der Waals surface area contributed by atoms with Gasteiger partial charge in [0.05, 0.1) is 29.8 Å². The molecule has 0 saturated carbocycles. The van der Waals surface area contributed by atoms with Crippen LogP contribution in [0.5, 0.6) is 0 Å². The highest BCUT2D eigenvalue weighted by Gasteiger charge is 2.14. The maximum absolute atomic E-state index is 8.95. The summed E-state index contributed by atoms with van der Waals surface area (Å²) in [5, 5.41) is 13.3. The molecule has 0 spiro atoms. The molecule has 0 aromatic carbocycles. The van der Waals surface area contributed by atoms with Gasteiger partial charge in [0.25, 0.3) is 0 Å². The van der Waals surface area contributed by atoms with Gasteiger partial charge in [-0.2, -0.15) is 5.10 Å². The molecular weight excluding hydrogens is 192 g/mol. The predicted molar refractivity (Wildman–Crippen MR) is 56.2 cm³/mol. The fourth-order valence-corrected chi connectivity index (χ4v) is 1.68. The molecule has 0 fully saturated rings. The molecule has 0 unspecified atom stereocenters. The summed E-state index contributed by atoms with van der Waals surface area (Å²) in [6.45, 7) is 3.92. The van der Waals surface area contributed by atoms with Crippen molar-refractivity contribution >= 4 is 0 Å². The topological polar surface area (TPSA) is 66.7 Å². The Balaban J connectivity index is 2.53. The Morgan fingerprint density at radius 1 is 1.47 bits per heavy atom. The minimum absolute atomic E-state index is 0.0225. The predicted octanol–water partition coefficient (Wildman–Crippen LogP) is 0.919. The first-order chi connectivity index (χ1) is 7.13. The third kappa shape index (κ3) is 1.55. The zero-order valence-electron chi connectivity index (χ0n) is 9.07. The van der Waals surface area contributed by atoms with Crippen molar-refractivity contribution < 1.29 is 5.11 Å². The molecule has 2 heterocycles. The van der Waals surface area contributed by atoms with Crippen LogP contribution in [-0.2, 0) is 13.7 Å². The molecule has 0 aliphatic heterocycles. The molecule has 0 radical (unpaired) electrons. The summed E-state index contributed by atoms with van der Waals surface area (Å²) >= 11 is 0. The normalized spacial score (nSPS) is 10.9. The SMILES string of the molecule is Cc1nn(C)c(C)c1-c1ncc(CO)[nH]1. The Kier molecular flexibility index (Phi) is 2.32. The van der Waals surface area contributed by atoms with Crippen molar-refractivity contribution in [3.8, 4) is 11.4 Å². The number of aliphatic hydroxyl groups is 1. The first-order valence-electron chi connectivity index (χ1n) is 4.78. The number of rotatable bonds is 2. The van der Waals surface area contributed by atoms with Crippen LogP contribution in [0.1, 0.15) is 17.1 Å². The Hall–Kier alpha value is -1.62. The zero-order chi connectivity index (χ0) is 11.0. The van der Waals surface area contributed by atoms with E-state index in [0.717, 1.165) is 22.8 Å². The Morgan fingerprint density at radius 3 is 2.67 bits per heavy atom. The van der Waals surface area contributed by atoms with Crippen LogP contribution in [0.4, 0.5) is 0 Å². The minimum Gasteiger partial charge on any atom is -0.390 e. The molecule has 2 aromatic rings. The van der Waals surface area contributed by atoms with Gasteiger partial charge >= 0.3 is 0 Å². The number of aromatic nitrogens is 4. The van der Waals surface area contributed by atoms with Gasteiger partial charge in [0, 0.05) is 12.7 Å². The summed E-state index contributed by atoms with van der Waals surface area (Å²) in [7, 11) is 1.90. The van der Waals surface area contributed by atoms with Gasteiger partial charge < -0.3 is 10.1 Å². The molecule has 0 saturated heterocycles. The van der Waals surface area contributed by atoms with Crippen molar-refractivity contribution in [3.63, 3.8) is 0 Å². The van der Waals surface area contributed by atoms with E-state index in [1.54, 1.807) is 6.20 Å². The smallest absolute Gasteiger partial charge is 0.141 e. The third-order valence-corrected chi connectivity index (χ3v) is 2.54. The summed E-state index contributed by atoms with van der Waals surface area (Å²) in [4.78, 5) is 7.28. The second-order valence-electron chi connectivity index (χ2n) is 3.58. The summed E-state index contributed by atoms with van der Waals surface area (Å²) in [6, 6.07) is 0. The molecule has 5 heteroatoms. The number of imidazole rings is 1. The lowest BCUT2D eigenvalue weighted by atomic mass is 10.2. The summed E-state index contributed by atoms with van der Waals surface area (Å²) in [5.74, 6) is 0.766. The first-order valence-corrected chi connectivity index (χ1v) is 4.78. The second kappa shape index (κ2) is 3.51. The monoisotopic (exact) mass is 206 g/mol. The fraction of sp³-hybridized carbons (Fsp3) is 0.400. The van der Waals surface area contributed by atoms with Crippen LogP contribution < -0.4 is 0 Å². The van der Waals surface area contributed by atoms with E-state index in [2.05, 4.69) is 15.1 Å². The Labute approximate surface area is 87.8 Å². The molecular formula is C10H14N4O. The van der Waals surface area contributed by atoms with Crippen LogP contribution in [0, 0.1) is 13.8 Å². The van der Waals surface area contributed by atoms with Crippen LogP contribution in [0.3, 0.4) is 0 Å². The zero-order valence-corrected chi connectivity index (χ0v) is 9.07. The third-order valence-electron chi connectivity index (χ3n) is 2.54. The van der Waals surface area contributed by atoms with Crippen LogP contribution in [-0.4, -0.2) is 24.9 Å². The van der Waals surface area contributed by atoms with Crippen LogP contribution >= 0.6 is 0 Å². The molecule has 15 heavy (non-hydrogen) atoms. The van der Waals surface area contributed by atoms with Gasteiger partial charge in [-0.15, -0.1) is 0 Å². The summed E-state index contributed by atoms with van der Waals surface area (Å²) in [6.07, 6.45) is 1.64. The molecule has 2 N–H and O–H groups in total. The maximum atomic E-state index is 8.95. The van der Waals surface area contributed by atoms with Crippen LogP contribution in [0.25, 0.3) is 11.4 Å². The lowest BCUT2D eigenvalue weighted by molar-refractivity contribution is 0.277. The van der Waals surface area contributed by atoms with Crippen molar-refractivity contribution in [3.05, 3.63) is 23.3 Å². The van der Waals surface area contributed by atoms with E-state index in [-0.39, 0.29) is 6.61 Å². The molecule has 2 rings (SSSR count). The maximum Gasteiger partial charge on any atom is 0.141 e. The lowest BCUT2D eigenvalue weighted by Crippen LogP contribution is -1.93. The molecule has 0 bridgehead atoms. The second-order valence-corrected chi connectivity index (χ2v) is 3.58. The van der Waals surface area contributed by atoms with Crippen molar-refractivity contribution in [2.24, 2.45) is 7.05 Å². The Morgan fingerprint density at radius 2 is 2.20 bits per heavy atom. The highest BCUT2D eigenvalue weighted by Crippen LogP contribution is 2.23. The molecule has 0 aliphatic carbocycles. The highest BCUT2D eigenvalue weighted by molar-refractivity contribution is 5.61. The van der Waals surface area contributed by atoms with E-state index in [9.17, 15) is 0 Å². The van der Waals surface area contributed by atoms with Gasteiger partial charge in [-0.25, -0.2) is 4.98 Å². The van der Waals surface area contributed by atoms with Gasteiger partial charge in [0.2, 0.25) is 0 Å². The quantitative estimate of drug-likeness (QED) is 0.767. The standard InChI is InChI=1S/C10H14N4O/c1-6-9(7(2)14(3)13-6)10-11-4-8(5-15)12-10/h4,15H,5H2,1-3H3,(H,11,12). The molecule has 2 aromatic heterocycles.